The first kappa shape index (κ1) is 11.7. The molecule has 1 heterocycles. The Kier molecular flexibility index (Phi) is 3.68. The average Bonchev–Trinajstić information content (AvgIpc) is 2.57. The lowest BCUT2D eigenvalue weighted by atomic mass is 10.3. The van der Waals surface area contributed by atoms with E-state index in [0.717, 1.165) is 15.2 Å². The molecular weight excluding hydrogens is 240 g/mol. The van der Waals surface area contributed by atoms with Gasteiger partial charge in [-0.05, 0) is 19.1 Å². The van der Waals surface area contributed by atoms with Gasteiger partial charge in [0.25, 0.3) is 0 Å². The van der Waals surface area contributed by atoms with Crippen molar-refractivity contribution in [3.63, 3.8) is 0 Å². The normalized spacial score (nSPS) is 15.1. The van der Waals surface area contributed by atoms with E-state index >= 15 is 0 Å². The van der Waals surface area contributed by atoms with Crippen LogP contribution in [-0.2, 0) is 16.6 Å². The van der Waals surface area contributed by atoms with Gasteiger partial charge in [0.1, 0.15) is 5.01 Å². The molecule has 1 aromatic heterocycles. The van der Waals surface area contributed by atoms with Gasteiger partial charge >= 0.3 is 0 Å². The Morgan fingerprint density at radius 2 is 2.25 bits per heavy atom. The summed E-state index contributed by atoms with van der Waals surface area (Å²) in [4.78, 5) is 4.44. The number of hydrogen-bond donors (Lipinski definition) is 1. The third-order valence-electron chi connectivity index (χ3n) is 2.07. The summed E-state index contributed by atoms with van der Waals surface area (Å²) in [7, 11) is -0.905. The van der Waals surface area contributed by atoms with Crippen LogP contribution in [0.5, 0.6) is 0 Å². The molecule has 2 unspecified atom stereocenters. The molecule has 0 aliphatic carbocycles. The number of benzene rings is 1. The molecule has 0 amide bonds. The second kappa shape index (κ2) is 5.03. The Bertz CT molecular complexity index is 474. The van der Waals surface area contributed by atoms with Crippen molar-refractivity contribution in [2.75, 3.05) is 5.75 Å². The van der Waals surface area contributed by atoms with Crippen molar-refractivity contribution >= 4 is 32.4 Å². The van der Waals surface area contributed by atoms with E-state index in [-0.39, 0.29) is 6.04 Å². The van der Waals surface area contributed by atoms with Crippen molar-refractivity contribution in [1.82, 2.24) is 4.98 Å². The van der Waals surface area contributed by atoms with E-state index in [9.17, 15) is 4.21 Å². The van der Waals surface area contributed by atoms with Crippen LogP contribution in [0.3, 0.4) is 0 Å². The third-order valence-corrected chi connectivity index (χ3v) is 4.78. The molecule has 5 heteroatoms. The van der Waals surface area contributed by atoms with Crippen LogP contribution < -0.4 is 5.73 Å². The summed E-state index contributed by atoms with van der Waals surface area (Å²) >= 11 is 1.61. The van der Waals surface area contributed by atoms with Crippen LogP contribution in [0.15, 0.2) is 24.3 Å². The van der Waals surface area contributed by atoms with Gasteiger partial charge in [-0.1, -0.05) is 12.1 Å². The number of aromatic nitrogens is 1. The molecule has 86 valence electrons. The maximum Gasteiger partial charge on any atom is 0.106 e. The van der Waals surface area contributed by atoms with Crippen LogP contribution in [-0.4, -0.2) is 21.0 Å². The zero-order valence-corrected chi connectivity index (χ0v) is 10.7. The van der Waals surface area contributed by atoms with Gasteiger partial charge < -0.3 is 5.73 Å². The Balaban J connectivity index is 2.12. The van der Waals surface area contributed by atoms with Gasteiger partial charge in [0, 0.05) is 22.6 Å². The number of nitrogens with zero attached hydrogens (tertiary/aromatic N) is 1. The predicted molar refractivity (Wildman–Crippen MR) is 70.0 cm³/mol. The van der Waals surface area contributed by atoms with Crippen LogP contribution in [0.25, 0.3) is 10.2 Å². The first-order valence-corrected chi connectivity index (χ1v) is 7.40. The summed E-state index contributed by atoms with van der Waals surface area (Å²) in [5, 5.41) is 0.931. The number of rotatable bonds is 4. The van der Waals surface area contributed by atoms with Crippen molar-refractivity contribution in [1.29, 1.82) is 0 Å². The molecule has 0 aliphatic rings. The lowest BCUT2D eigenvalue weighted by Gasteiger charge is -2.02. The molecule has 2 atom stereocenters. The monoisotopic (exact) mass is 254 g/mol. The summed E-state index contributed by atoms with van der Waals surface area (Å²) < 4.78 is 12.8. The average molecular weight is 254 g/mol. The van der Waals surface area contributed by atoms with Crippen molar-refractivity contribution < 1.29 is 4.21 Å². The van der Waals surface area contributed by atoms with Gasteiger partial charge in [0.15, 0.2) is 0 Å². The standard InChI is InChI=1S/C11H14N2OS2/c1-8(12)6-16(14)7-11-13-9-4-2-3-5-10(9)15-11/h2-5,8H,6-7,12H2,1H3. The van der Waals surface area contributed by atoms with Gasteiger partial charge in [-0.2, -0.15) is 0 Å². The van der Waals surface area contributed by atoms with Crippen LogP contribution in [0.4, 0.5) is 0 Å². The molecule has 2 rings (SSSR count). The van der Waals surface area contributed by atoms with E-state index in [1.165, 1.54) is 0 Å². The highest BCUT2D eigenvalue weighted by Crippen LogP contribution is 2.22. The summed E-state index contributed by atoms with van der Waals surface area (Å²) in [6, 6.07) is 7.94. The van der Waals surface area contributed by atoms with Crippen LogP contribution in [0.2, 0.25) is 0 Å². The minimum absolute atomic E-state index is 0.0183. The Hall–Kier alpha value is -0.780. The minimum Gasteiger partial charge on any atom is -0.327 e. The van der Waals surface area contributed by atoms with E-state index in [2.05, 4.69) is 4.98 Å². The summed E-state index contributed by atoms with van der Waals surface area (Å²) in [5.74, 6) is 1.05. The lowest BCUT2D eigenvalue weighted by molar-refractivity contribution is 0.676. The zero-order valence-electron chi connectivity index (χ0n) is 9.05. The Morgan fingerprint density at radius 3 is 2.94 bits per heavy atom. The number of hydrogen-bond acceptors (Lipinski definition) is 4. The van der Waals surface area contributed by atoms with Crippen molar-refractivity contribution in [2.45, 2.75) is 18.7 Å². The van der Waals surface area contributed by atoms with Crippen molar-refractivity contribution in [2.24, 2.45) is 5.73 Å². The van der Waals surface area contributed by atoms with E-state index < -0.39 is 10.8 Å². The fourth-order valence-electron chi connectivity index (χ4n) is 1.47. The van der Waals surface area contributed by atoms with Gasteiger partial charge in [-0.25, -0.2) is 4.98 Å². The quantitative estimate of drug-likeness (QED) is 0.906. The third kappa shape index (κ3) is 2.87. The molecule has 0 bridgehead atoms. The fourth-order valence-corrected chi connectivity index (χ4v) is 3.91. The number of fused-ring (bicyclic) bond motifs is 1. The second-order valence-corrected chi connectivity index (χ2v) is 6.42. The molecule has 3 nitrogen and oxygen atoms in total. The van der Waals surface area contributed by atoms with Crippen molar-refractivity contribution in [3.05, 3.63) is 29.3 Å². The van der Waals surface area contributed by atoms with Crippen molar-refractivity contribution in [3.8, 4) is 0 Å². The molecular formula is C11H14N2OS2. The highest BCUT2D eigenvalue weighted by atomic mass is 32.2. The summed E-state index contributed by atoms with van der Waals surface area (Å²) in [6.45, 7) is 1.87. The SMILES string of the molecule is CC(N)CS(=O)Cc1nc2ccccc2s1. The second-order valence-electron chi connectivity index (χ2n) is 3.80. The molecule has 1 aromatic carbocycles. The highest BCUT2D eigenvalue weighted by Gasteiger charge is 2.08. The zero-order chi connectivity index (χ0) is 11.5. The maximum atomic E-state index is 11.7. The fraction of sp³-hybridized carbons (Fsp3) is 0.364. The van der Waals surface area contributed by atoms with Crippen LogP contribution in [0, 0.1) is 0 Å². The first-order chi connectivity index (χ1) is 7.65. The van der Waals surface area contributed by atoms with E-state index in [0.29, 0.717) is 11.5 Å². The van der Waals surface area contributed by atoms with Crippen LogP contribution in [0.1, 0.15) is 11.9 Å². The molecule has 16 heavy (non-hydrogen) atoms. The van der Waals surface area contributed by atoms with Gasteiger partial charge in [-0.15, -0.1) is 11.3 Å². The van der Waals surface area contributed by atoms with Gasteiger partial charge in [0.2, 0.25) is 0 Å². The topological polar surface area (TPSA) is 56.0 Å². The molecule has 2 N–H and O–H groups in total. The molecule has 0 spiro atoms. The number of thiazole rings is 1. The molecule has 0 aliphatic heterocycles. The minimum atomic E-state index is -0.905. The Labute approximate surface area is 101 Å². The maximum absolute atomic E-state index is 11.7. The molecule has 0 radical (unpaired) electrons. The summed E-state index contributed by atoms with van der Waals surface area (Å²) in [6.07, 6.45) is 0. The lowest BCUT2D eigenvalue weighted by Crippen LogP contribution is -2.23. The largest absolute Gasteiger partial charge is 0.327 e. The van der Waals surface area contributed by atoms with E-state index in [1.807, 2.05) is 31.2 Å². The molecule has 0 fully saturated rings. The van der Waals surface area contributed by atoms with E-state index in [4.69, 9.17) is 5.73 Å². The number of nitrogens with two attached hydrogens (primary N) is 1. The highest BCUT2D eigenvalue weighted by molar-refractivity contribution is 7.84. The van der Waals surface area contributed by atoms with Gasteiger partial charge in [-0.3, -0.25) is 4.21 Å². The molecule has 2 aromatic rings. The van der Waals surface area contributed by atoms with Gasteiger partial charge in [0.05, 0.1) is 16.0 Å². The van der Waals surface area contributed by atoms with E-state index in [1.54, 1.807) is 11.3 Å². The smallest absolute Gasteiger partial charge is 0.106 e. The van der Waals surface area contributed by atoms with Crippen LogP contribution >= 0.6 is 11.3 Å². The predicted octanol–water partition coefficient (Wildman–Crippen LogP) is 1.89. The number of para-hydroxylation sites is 1. The first-order valence-electron chi connectivity index (χ1n) is 5.10. The molecule has 0 saturated carbocycles. The Morgan fingerprint density at radius 1 is 1.50 bits per heavy atom. The summed E-state index contributed by atoms with van der Waals surface area (Å²) in [5.41, 5.74) is 6.60. The molecule has 0 saturated heterocycles.